The summed E-state index contributed by atoms with van der Waals surface area (Å²) in [6.07, 6.45) is 4.46. The molecule has 1 aliphatic carbocycles. The Morgan fingerprint density at radius 2 is 2.06 bits per heavy atom. The lowest BCUT2D eigenvalue weighted by Crippen LogP contribution is -2.53. The number of carboxylic acid groups (broad SMARTS) is 1. The molecule has 1 atom stereocenters. The summed E-state index contributed by atoms with van der Waals surface area (Å²) in [6.45, 7) is 0.752. The molecule has 0 aromatic rings. The van der Waals surface area contributed by atoms with Gasteiger partial charge in [-0.2, -0.15) is 0 Å². The van der Waals surface area contributed by atoms with Gasteiger partial charge in [0.2, 0.25) is 5.91 Å². The van der Waals surface area contributed by atoms with Crippen molar-refractivity contribution >= 4 is 11.9 Å². The lowest BCUT2D eigenvalue weighted by atomic mass is 10.2. The van der Waals surface area contributed by atoms with Gasteiger partial charge in [0, 0.05) is 6.54 Å². The number of amides is 1. The molecule has 0 spiro atoms. The number of morpholine rings is 1. The molecule has 1 saturated heterocycles. The molecule has 0 radical (unpaired) electrons. The predicted molar refractivity (Wildman–Crippen MR) is 62.2 cm³/mol. The van der Waals surface area contributed by atoms with Gasteiger partial charge in [-0.25, -0.2) is 4.79 Å². The SMILES string of the molecule is O=C(O)C1COCCN1C(=O)COC1CCCC1. The van der Waals surface area contributed by atoms with Crippen LogP contribution in [0.4, 0.5) is 0 Å². The van der Waals surface area contributed by atoms with Crippen molar-refractivity contribution in [1.29, 1.82) is 0 Å². The smallest absolute Gasteiger partial charge is 0.328 e. The molecule has 1 heterocycles. The number of nitrogens with zero attached hydrogens (tertiary/aromatic N) is 1. The van der Waals surface area contributed by atoms with E-state index in [1.54, 1.807) is 0 Å². The molecular weight excluding hydrogens is 238 g/mol. The number of carbonyl (C=O) groups is 2. The van der Waals surface area contributed by atoms with Gasteiger partial charge < -0.3 is 19.5 Å². The van der Waals surface area contributed by atoms with Crippen molar-refractivity contribution in [3.05, 3.63) is 0 Å². The van der Waals surface area contributed by atoms with E-state index < -0.39 is 12.0 Å². The Bertz CT molecular complexity index is 314. The molecular formula is C12H19NO5. The van der Waals surface area contributed by atoms with Gasteiger partial charge >= 0.3 is 5.97 Å². The van der Waals surface area contributed by atoms with E-state index in [1.807, 2.05) is 0 Å². The van der Waals surface area contributed by atoms with Crippen LogP contribution in [0.2, 0.25) is 0 Å². The molecule has 6 nitrogen and oxygen atoms in total. The highest BCUT2D eigenvalue weighted by Gasteiger charge is 2.33. The number of hydrogen-bond acceptors (Lipinski definition) is 4. The minimum Gasteiger partial charge on any atom is -0.480 e. The van der Waals surface area contributed by atoms with Crippen LogP contribution in [0.5, 0.6) is 0 Å². The summed E-state index contributed by atoms with van der Waals surface area (Å²) in [5, 5.41) is 9.02. The summed E-state index contributed by atoms with van der Waals surface area (Å²) in [5.74, 6) is -1.28. The first-order valence-electron chi connectivity index (χ1n) is 6.40. The Morgan fingerprint density at radius 1 is 1.33 bits per heavy atom. The lowest BCUT2D eigenvalue weighted by Gasteiger charge is -2.33. The molecule has 1 aliphatic heterocycles. The van der Waals surface area contributed by atoms with Crippen molar-refractivity contribution in [3.63, 3.8) is 0 Å². The minimum atomic E-state index is -1.02. The quantitative estimate of drug-likeness (QED) is 0.781. The second kappa shape index (κ2) is 6.15. The number of hydrogen-bond donors (Lipinski definition) is 1. The Balaban J connectivity index is 1.83. The zero-order chi connectivity index (χ0) is 13.0. The maximum Gasteiger partial charge on any atom is 0.328 e. The van der Waals surface area contributed by atoms with E-state index in [0.717, 1.165) is 25.7 Å². The van der Waals surface area contributed by atoms with E-state index in [1.165, 1.54) is 4.90 Å². The Kier molecular flexibility index (Phi) is 4.54. The number of ether oxygens (including phenoxy) is 2. The molecule has 0 aromatic carbocycles. The Hall–Kier alpha value is -1.14. The first-order valence-corrected chi connectivity index (χ1v) is 6.40. The van der Waals surface area contributed by atoms with Crippen LogP contribution in [-0.2, 0) is 19.1 Å². The van der Waals surface area contributed by atoms with Gasteiger partial charge in [0.15, 0.2) is 6.04 Å². The molecule has 0 bridgehead atoms. The first kappa shape index (κ1) is 13.3. The van der Waals surface area contributed by atoms with Gasteiger partial charge in [-0.3, -0.25) is 4.79 Å². The van der Waals surface area contributed by atoms with Gasteiger partial charge in [-0.15, -0.1) is 0 Å². The van der Waals surface area contributed by atoms with E-state index in [9.17, 15) is 9.59 Å². The van der Waals surface area contributed by atoms with Crippen molar-refractivity contribution in [3.8, 4) is 0 Å². The van der Waals surface area contributed by atoms with Crippen molar-refractivity contribution < 1.29 is 24.2 Å². The summed E-state index contributed by atoms with van der Waals surface area (Å²) < 4.78 is 10.6. The standard InChI is InChI=1S/C12H19NO5/c14-11(8-18-9-3-1-2-4-9)13-5-6-17-7-10(13)12(15)16/h9-10H,1-8H2,(H,15,16). The van der Waals surface area contributed by atoms with Crippen LogP contribution >= 0.6 is 0 Å². The molecule has 18 heavy (non-hydrogen) atoms. The van der Waals surface area contributed by atoms with Crippen LogP contribution in [0.25, 0.3) is 0 Å². The van der Waals surface area contributed by atoms with E-state index in [-0.39, 0.29) is 25.2 Å². The van der Waals surface area contributed by atoms with Gasteiger partial charge in [0.05, 0.1) is 19.3 Å². The summed E-state index contributed by atoms with van der Waals surface area (Å²) in [5.41, 5.74) is 0. The van der Waals surface area contributed by atoms with Crippen LogP contribution in [0.3, 0.4) is 0 Å². The van der Waals surface area contributed by atoms with Crippen molar-refractivity contribution in [1.82, 2.24) is 4.90 Å². The average Bonchev–Trinajstić information content (AvgIpc) is 2.89. The van der Waals surface area contributed by atoms with Crippen LogP contribution in [-0.4, -0.2) is 60.4 Å². The lowest BCUT2D eigenvalue weighted by molar-refractivity contribution is -0.161. The summed E-state index contributed by atoms with van der Waals surface area (Å²) >= 11 is 0. The van der Waals surface area contributed by atoms with Crippen LogP contribution in [0.15, 0.2) is 0 Å². The number of aliphatic carboxylic acids is 1. The molecule has 1 N–H and O–H groups in total. The fraction of sp³-hybridized carbons (Fsp3) is 0.833. The highest BCUT2D eigenvalue weighted by molar-refractivity contribution is 5.84. The third-order valence-corrected chi connectivity index (χ3v) is 3.48. The summed E-state index contributed by atoms with van der Waals surface area (Å²) in [4.78, 5) is 24.3. The molecule has 2 fully saturated rings. The maximum absolute atomic E-state index is 12.0. The van der Waals surface area contributed by atoms with Gasteiger partial charge in [0.25, 0.3) is 0 Å². The van der Waals surface area contributed by atoms with Gasteiger partial charge in [-0.1, -0.05) is 12.8 Å². The van der Waals surface area contributed by atoms with E-state index >= 15 is 0 Å². The van der Waals surface area contributed by atoms with Gasteiger partial charge in [-0.05, 0) is 12.8 Å². The number of carbonyl (C=O) groups excluding carboxylic acids is 1. The van der Waals surface area contributed by atoms with E-state index in [0.29, 0.717) is 13.2 Å². The molecule has 102 valence electrons. The minimum absolute atomic E-state index is 0.0194. The number of rotatable bonds is 4. The normalized spacial score (nSPS) is 25.3. The fourth-order valence-electron chi connectivity index (χ4n) is 2.43. The third kappa shape index (κ3) is 3.20. The van der Waals surface area contributed by atoms with Crippen LogP contribution in [0, 0.1) is 0 Å². The third-order valence-electron chi connectivity index (χ3n) is 3.48. The highest BCUT2D eigenvalue weighted by atomic mass is 16.5. The second-order valence-corrected chi connectivity index (χ2v) is 4.73. The average molecular weight is 257 g/mol. The predicted octanol–water partition coefficient (Wildman–Crippen LogP) is 0.258. The van der Waals surface area contributed by atoms with Crippen molar-refractivity contribution in [2.24, 2.45) is 0 Å². The first-order chi connectivity index (χ1) is 8.68. The van der Waals surface area contributed by atoms with Gasteiger partial charge in [0.1, 0.15) is 6.61 Å². The summed E-state index contributed by atoms with van der Waals surface area (Å²) in [7, 11) is 0. The zero-order valence-electron chi connectivity index (χ0n) is 10.3. The topological polar surface area (TPSA) is 76.1 Å². The largest absolute Gasteiger partial charge is 0.480 e. The highest BCUT2D eigenvalue weighted by Crippen LogP contribution is 2.21. The Labute approximate surface area is 106 Å². The van der Waals surface area contributed by atoms with Crippen LogP contribution < -0.4 is 0 Å². The zero-order valence-corrected chi connectivity index (χ0v) is 10.3. The molecule has 6 heteroatoms. The van der Waals surface area contributed by atoms with E-state index in [4.69, 9.17) is 14.6 Å². The molecule has 2 aliphatic rings. The Morgan fingerprint density at radius 3 is 2.72 bits per heavy atom. The molecule has 2 rings (SSSR count). The fourth-order valence-corrected chi connectivity index (χ4v) is 2.43. The molecule has 0 aromatic heterocycles. The maximum atomic E-state index is 12.0. The molecule has 1 saturated carbocycles. The molecule has 1 unspecified atom stereocenters. The summed E-state index contributed by atoms with van der Waals surface area (Å²) in [6, 6.07) is -0.876. The van der Waals surface area contributed by atoms with Crippen molar-refractivity contribution in [2.45, 2.75) is 37.8 Å². The number of carboxylic acids is 1. The monoisotopic (exact) mass is 257 g/mol. The van der Waals surface area contributed by atoms with E-state index in [2.05, 4.69) is 0 Å². The molecule has 1 amide bonds. The van der Waals surface area contributed by atoms with Crippen LogP contribution in [0.1, 0.15) is 25.7 Å². The second-order valence-electron chi connectivity index (χ2n) is 4.73. The van der Waals surface area contributed by atoms with Crippen molar-refractivity contribution in [2.75, 3.05) is 26.4 Å².